The number of unbranched alkanes of at least 4 members (excludes halogenated alkanes) is 42. The number of aliphatic hydroxyl groups excluding tert-OH is 11. The number of carbonyl (C=O) groups excluding carboxylic acids is 1. The molecule has 1 amide bonds. The van der Waals surface area contributed by atoms with Gasteiger partial charge in [0, 0.05) is 6.42 Å². The average molecular weight is 1570 g/mol. The fourth-order valence-electron chi connectivity index (χ4n) is 14.7. The molecule has 3 rings (SSSR count). The number of allylic oxidation sites excluding steroid dienone is 15. The van der Waals surface area contributed by atoms with Crippen LogP contribution in [0, 0.1) is 0 Å². The lowest BCUT2D eigenvalue weighted by molar-refractivity contribution is -0.379. The number of rotatable bonds is 72. The van der Waals surface area contributed by atoms with Gasteiger partial charge in [-0.2, -0.15) is 0 Å². The zero-order chi connectivity index (χ0) is 80.3. The summed E-state index contributed by atoms with van der Waals surface area (Å²) in [7, 11) is 0. The van der Waals surface area contributed by atoms with E-state index in [0.717, 1.165) is 77.0 Å². The highest BCUT2D eigenvalue weighted by molar-refractivity contribution is 5.76. The van der Waals surface area contributed by atoms with Crippen LogP contribution in [0.15, 0.2) is 97.2 Å². The number of aliphatic hydroxyl groups is 11. The van der Waals surface area contributed by atoms with Gasteiger partial charge in [-0.25, -0.2) is 0 Å². The monoisotopic (exact) mass is 1570 g/mol. The summed E-state index contributed by atoms with van der Waals surface area (Å²) in [5, 5.41) is 121. The summed E-state index contributed by atoms with van der Waals surface area (Å²) in [6.45, 7) is 1.64. The molecule has 0 aromatic carbocycles. The number of carbonyl (C=O) groups is 1. The Kier molecular flexibility index (Phi) is 65.1. The van der Waals surface area contributed by atoms with E-state index in [1.807, 2.05) is 6.08 Å². The zero-order valence-corrected chi connectivity index (χ0v) is 69.4. The third kappa shape index (κ3) is 49.5. The molecule has 3 aliphatic rings. The van der Waals surface area contributed by atoms with Gasteiger partial charge in [0.1, 0.15) is 73.2 Å². The minimum Gasteiger partial charge on any atom is -0.394 e. The van der Waals surface area contributed by atoms with E-state index in [0.29, 0.717) is 12.8 Å². The van der Waals surface area contributed by atoms with Crippen LogP contribution in [-0.2, 0) is 33.2 Å². The van der Waals surface area contributed by atoms with Crippen LogP contribution in [0.1, 0.15) is 348 Å². The van der Waals surface area contributed by atoms with Gasteiger partial charge in [-0.1, -0.05) is 349 Å². The van der Waals surface area contributed by atoms with Crippen molar-refractivity contribution >= 4 is 5.91 Å². The smallest absolute Gasteiger partial charge is 0.220 e. The Balaban J connectivity index is 1.31. The predicted octanol–water partition coefficient (Wildman–Crippen LogP) is 17.1. The maximum atomic E-state index is 13.5. The highest BCUT2D eigenvalue weighted by Gasteiger charge is 2.54. The lowest BCUT2D eigenvalue weighted by Gasteiger charge is -2.48. The second-order valence-corrected chi connectivity index (χ2v) is 31.7. The van der Waals surface area contributed by atoms with Gasteiger partial charge in [0.25, 0.3) is 0 Å². The highest BCUT2D eigenvalue weighted by Crippen LogP contribution is 2.33. The first-order chi connectivity index (χ1) is 54.3. The lowest BCUT2D eigenvalue weighted by atomic mass is 9.96. The van der Waals surface area contributed by atoms with Crippen LogP contribution in [0.4, 0.5) is 0 Å². The molecule has 19 heteroatoms. The standard InChI is InChI=1S/C92H163NO18/c1-3-5-7-9-11-13-15-17-19-21-23-25-27-29-30-31-32-33-34-35-36-37-38-39-40-41-42-43-44-46-48-50-52-54-56-58-60-62-64-66-68-70-80(98)93-75(76(97)69-67-65-63-61-59-57-55-53-51-49-47-45-28-26-24-22-20-18-16-14-12-10-8-6-4-2)74-106-90-86(104)83(101)88(78(72-95)108-90)111-92-87(105)84(102)89(79(73-96)109-92)110-91-85(103)82(100)81(99)77(71-94)107-91/h5,7,11,13,17,19,23,25,29-30,51,53,59,61,67,69,75-79,81-92,94-97,99-105H,3-4,6,8-10,12,14-16,18,20-22,24,26-28,31-50,52,54-58,60,62-66,68,70-74H2,1-2H3,(H,93,98)/b7-5-,13-11-,19-17-,25-23-,30-29-,53-51+,61-59+,69-67+. The quantitative estimate of drug-likeness (QED) is 0.0199. The molecule has 17 atom stereocenters. The molecule has 0 aromatic heterocycles. The van der Waals surface area contributed by atoms with E-state index in [9.17, 15) is 61.0 Å². The minimum absolute atomic E-state index is 0.232. The molecule has 0 aliphatic carbocycles. The molecule has 0 spiro atoms. The molecular weight excluding hydrogens is 1410 g/mol. The highest BCUT2D eigenvalue weighted by atomic mass is 16.8. The van der Waals surface area contributed by atoms with Gasteiger partial charge in [0.05, 0.1) is 38.6 Å². The van der Waals surface area contributed by atoms with E-state index in [1.54, 1.807) is 6.08 Å². The van der Waals surface area contributed by atoms with Gasteiger partial charge in [-0.05, 0) is 89.9 Å². The number of hydrogen-bond donors (Lipinski definition) is 12. The summed E-state index contributed by atoms with van der Waals surface area (Å²) in [4.78, 5) is 13.5. The summed E-state index contributed by atoms with van der Waals surface area (Å²) in [6.07, 6.45) is 71.4. The molecule has 0 aromatic rings. The van der Waals surface area contributed by atoms with E-state index >= 15 is 0 Å². The lowest BCUT2D eigenvalue weighted by Crippen LogP contribution is -2.66. The summed E-state index contributed by atoms with van der Waals surface area (Å²) in [5.41, 5.74) is 0. The summed E-state index contributed by atoms with van der Waals surface area (Å²) in [5.74, 6) is -0.285. The van der Waals surface area contributed by atoms with E-state index in [1.165, 1.54) is 238 Å². The first kappa shape index (κ1) is 102. The van der Waals surface area contributed by atoms with Crippen LogP contribution in [0.5, 0.6) is 0 Å². The molecule has 3 aliphatic heterocycles. The number of hydrogen-bond acceptors (Lipinski definition) is 18. The fourth-order valence-corrected chi connectivity index (χ4v) is 14.7. The molecular formula is C92H163NO18. The Labute approximate surface area is 673 Å². The topological polar surface area (TPSA) is 307 Å². The van der Waals surface area contributed by atoms with Crippen LogP contribution >= 0.6 is 0 Å². The largest absolute Gasteiger partial charge is 0.394 e. The zero-order valence-electron chi connectivity index (χ0n) is 69.4. The number of nitrogens with one attached hydrogen (secondary N) is 1. The normalized spacial score (nSPS) is 25.5. The molecule has 19 nitrogen and oxygen atoms in total. The Morgan fingerprint density at radius 3 is 1.01 bits per heavy atom. The molecule has 644 valence electrons. The van der Waals surface area contributed by atoms with Crippen molar-refractivity contribution in [2.75, 3.05) is 26.4 Å². The van der Waals surface area contributed by atoms with Crippen molar-refractivity contribution in [3.63, 3.8) is 0 Å². The summed E-state index contributed by atoms with van der Waals surface area (Å²) in [6, 6.07) is -1.00. The third-order valence-corrected chi connectivity index (χ3v) is 21.8. The second kappa shape index (κ2) is 70.9. The van der Waals surface area contributed by atoms with E-state index < -0.39 is 124 Å². The van der Waals surface area contributed by atoms with Crippen molar-refractivity contribution in [2.24, 2.45) is 0 Å². The number of amides is 1. The van der Waals surface area contributed by atoms with Crippen molar-refractivity contribution in [3.05, 3.63) is 97.2 Å². The van der Waals surface area contributed by atoms with Crippen molar-refractivity contribution in [2.45, 2.75) is 452 Å². The molecule has 0 radical (unpaired) electrons. The molecule has 12 N–H and O–H groups in total. The van der Waals surface area contributed by atoms with Gasteiger partial charge in [-0.15, -0.1) is 0 Å². The first-order valence-electron chi connectivity index (χ1n) is 45.0. The maximum Gasteiger partial charge on any atom is 0.220 e. The number of ether oxygens (including phenoxy) is 6. The maximum absolute atomic E-state index is 13.5. The molecule has 17 unspecified atom stereocenters. The second-order valence-electron chi connectivity index (χ2n) is 31.7. The van der Waals surface area contributed by atoms with Crippen molar-refractivity contribution in [3.8, 4) is 0 Å². The van der Waals surface area contributed by atoms with Gasteiger partial charge >= 0.3 is 0 Å². The van der Waals surface area contributed by atoms with Crippen molar-refractivity contribution in [1.29, 1.82) is 0 Å². The van der Waals surface area contributed by atoms with Crippen LogP contribution in [0.2, 0.25) is 0 Å². The van der Waals surface area contributed by atoms with Crippen LogP contribution < -0.4 is 5.32 Å². The average Bonchev–Trinajstić information content (AvgIpc) is 0.780. The van der Waals surface area contributed by atoms with Crippen molar-refractivity contribution in [1.82, 2.24) is 5.32 Å². The molecule has 3 fully saturated rings. The molecule has 111 heavy (non-hydrogen) atoms. The minimum atomic E-state index is -1.99. The SMILES string of the molecule is CC/C=C\C/C=C\C/C=C\C/C=C\C/C=C\CCCCCCCCCCCCCCCCCCCCCCCCCCCC(=O)NC(COC1OC(CO)C(OC2OC(CO)C(OC3OC(CO)C(O)C(O)C3O)C(O)C2O)C(O)C1O)C(O)/C=C/CC/C=C/CC/C=C/CCCCCCCCCCCCCCCCC. The molecule has 3 heterocycles. The Morgan fingerprint density at radius 2 is 0.631 bits per heavy atom. The molecule has 0 saturated carbocycles. The van der Waals surface area contributed by atoms with Crippen LogP contribution in [0.25, 0.3) is 0 Å². The Bertz CT molecular complexity index is 2380. The van der Waals surface area contributed by atoms with Gasteiger partial charge in [0.15, 0.2) is 18.9 Å². The van der Waals surface area contributed by atoms with Gasteiger partial charge in [-0.3, -0.25) is 4.79 Å². The predicted molar refractivity (Wildman–Crippen MR) is 447 cm³/mol. The van der Waals surface area contributed by atoms with E-state index in [2.05, 4.69) is 104 Å². The van der Waals surface area contributed by atoms with Crippen LogP contribution in [0.3, 0.4) is 0 Å². The Morgan fingerprint density at radius 1 is 0.333 bits per heavy atom. The first-order valence-corrected chi connectivity index (χ1v) is 45.0. The molecule has 3 saturated heterocycles. The van der Waals surface area contributed by atoms with Crippen LogP contribution in [-0.4, -0.2) is 193 Å². The van der Waals surface area contributed by atoms with Gasteiger partial charge < -0.3 is 89.9 Å². The fraction of sp³-hybridized carbons (Fsp3) is 0.815. The summed E-state index contributed by atoms with van der Waals surface area (Å²) >= 11 is 0. The van der Waals surface area contributed by atoms with E-state index in [-0.39, 0.29) is 18.9 Å². The molecule has 0 bridgehead atoms. The van der Waals surface area contributed by atoms with E-state index in [4.69, 9.17) is 28.4 Å². The van der Waals surface area contributed by atoms with Crippen molar-refractivity contribution < 1.29 is 89.4 Å². The third-order valence-electron chi connectivity index (χ3n) is 21.8. The Hall–Kier alpha value is -3.29. The summed E-state index contributed by atoms with van der Waals surface area (Å²) < 4.78 is 34.5. The van der Waals surface area contributed by atoms with Gasteiger partial charge in [0.2, 0.25) is 5.91 Å².